The van der Waals surface area contributed by atoms with Crippen LogP contribution in [-0.4, -0.2) is 72.6 Å². The molecular weight excluding hydrogens is 487 g/mol. The van der Waals surface area contributed by atoms with Gasteiger partial charge in [0.15, 0.2) is 0 Å². The minimum atomic E-state index is -0.385. The van der Waals surface area contributed by atoms with E-state index in [-0.39, 0.29) is 34.3 Å². The number of anilines is 3. The topological polar surface area (TPSA) is 86.1 Å². The Morgan fingerprint density at radius 2 is 1.68 bits per heavy atom. The summed E-state index contributed by atoms with van der Waals surface area (Å²) in [5.41, 5.74) is 2.40. The van der Waals surface area contributed by atoms with Crippen molar-refractivity contribution in [2.24, 2.45) is 5.92 Å². The van der Waals surface area contributed by atoms with Crippen molar-refractivity contribution in [3.63, 3.8) is 0 Å². The number of halogens is 1. The molecule has 0 radical (unpaired) electrons. The second-order valence-electron chi connectivity index (χ2n) is 10.0. The van der Waals surface area contributed by atoms with Crippen LogP contribution in [0.5, 0.6) is 0 Å². The SMILES string of the molecule is O=C(C1Cc2cc([N+](=O)[O-])ccc2N2CCN(c3ccccn3)CC12)N1CCN(c2ccccc2F)CC1. The lowest BCUT2D eigenvalue weighted by molar-refractivity contribution is -0.384. The molecule has 2 saturated heterocycles. The second kappa shape index (κ2) is 9.92. The number of carbonyl (C=O) groups is 1. The molecule has 2 unspecified atom stereocenters. The molecule has 2 atom stereocenters. The lowest BCUT2D eigenvalue weighted by Crippen LogP contribution is -2.62. The number of para-hydroxylation sites is 1. The summed E-state index contributed by atoms with van der Waals surface area (Å²) in [5, 5.41) is 11.5. The number of non-ortho nitro benzene ring substituents is 1. The fourth-order valence-electron chi connectivity index (χ4n) is 6.07. The summed E-state index contributed by atoms with van der Waals surface area (Å²) in [6.45, 7) is 4.18. The molecule has 0 spiro atoms. The van der Waals surface area contributed by atoms with Crippen LogP contribution in [-0.2, 0) is 11.2 Å². The summed E-state index contributed by atoms with van der Waals surface area (Å²) >= 11 is 0. The molecule has 1 amide bonds. The van der Waals surface area contributed by atoms with E-state index in [2.05, 4.69) is 14.8 Å². The molecule has 2 aromatic carbocycles. The van der Waals surface area contributed by atoms with Gasteiger partial charge < -0.3 is 19.6 Å². The molecule has 3 aliphatic rings. The summed E-state index contributed by atoms with van der Waals surface area (Å²) in [5.74, 6) is 0.320. The van der Waals surface area contributed by atoms with Crippen molar-refractivity contribution in [1.82, 2.24) is 9.88 Å². The Balaban J connectivity index is 1.26. The monoisotopic (exact) mass is 516 g/mol. The zero-order valence-corrected chi connectivity index (χ0v) is 20.9. The number of nitro groups is 1. The molecule has 0 aliphatic carbocycles. The molecule has 6 rings (SSSR count). The summed E-state index contributed by atoms with van der Waals surface area (Å²) in [6.07, 6.45) is 2.22. The van der Waals surface area contributed by atoms with Crippen molar-refractivity contribution >= 4 is 28.8 Å². The van der Waals surface area contributed by atoms with E-state index in [0.717, 1.165) is 23.6 Å². The van der Waals surface area contributed by atoms with Gasteiger partial charge in [-0.3, -0.25) is 14.9 Å². The number of carbonyl (C=O) groups excluding carboxylic acids is 1. The van der Waals surface area contributed by atoms with Crippen molar-refractivity contribution < 1.29 is 14.1 Å². The number of aromatic nitrogens is 1. The van der Waals surface area contributed by atoms with Crippen LogP contribution in [0.2, 0.25) is 0 Å². The van der Waals surface area contributed by atoms with Crippen molar-refractivity contribution in [3.05, 3.63) is 88.4 Å². The Morgan fingerprint density at radius 3 is 2.42 bits per heavy atom. The van der Waals surface area contributed by atoms with Gasteiger partial charge in [-0.2, -0.15) is 0 Å². The van der Waals surface area contributed by atoms with Crippen LogP contribution in [0, 0.1) is 21.8 Å². The molecule has 0 bridgehead atoms. The largest absolute Gasteiger partial charge is 0.366 e. The zero-order valence-electron chi connectivity index (χ0n) is 20.9. The van der Waals surface area contributed by atoms with Gasteiger partial charge in [-0.05, 0) is 42.3 Å². The third kappa shape index (κ3) is 4.40. The van der Waals surface area contributed by atoms with Crippen LogP contribution < -0.4 is 14.7 Å². The first kappa shape index (κ1) is 24.1. The quantitative estimate of drug-likeness (QED) is 0.388. The van der Waals surface area contributed by atoms with Crippen molar-refractivity contribution in [2.75, 3.05) is 60.5 Å². The number of amides is 1. The number of hydrogen-bond donors (Lipinski definition) is 0. The fourth-order valence-corrected chi connectivity index (χ4v) is 6.07. The summed E-state index contributed by atoms with van der Waals surface area (Å²) in [4.78, 5) is 38.0. The Kier molecular flexibility index (Phi) is 6.30. The lowest BCUT2D eigenvalue weighted by Gasteiger charge is -2.50. The van der Waals surface area contributed by atoms with Crippen molar-refractivity contribution in [1.29, 1.82) is 0 Å². The first-order chi connectivity index (χ1) is 18.5. The highest BCUT2D eigenvalue weighted by Crippen LogP contribution is 2.39. The number of fused-ring (bicyclic) bond motifs is 3. The fraction of sp³-hybridized carbons (Fsp3) is 0.357. The van der Waals surface area contributed by atoms with Gasteiger partial charge in [-0.15, -0.1) is 0 Å². The lowest BCUT2D eigenvalue weighted by atomic mass is 9.82. The van der Waals surface area contributed by atoms with E-state index in [9.17, 15) is 19.3 Å². The van der Waals surface area contributed by atoms with Gasteiger partial charge >= 0.3 is 0 Å². The molecule has 38 heavy (non-hydrogen) atoms. The van der Waals surface area contributed by atoms with E-state index in [1.54, 1.807) is 30.5 Å². The van der Waals surface area contributed by atoms with Crippen LogP contribution in [0.3, 0.4) is 0 Å². The Labute approximate surface area is 220 Å². The van der Waals surface area contributed by atoms with E-state index < -0.39 is 0 Å². The zero-order chi connectivity index (χ0) is 26.2. The van der Waals surface area contributed by atoms with Gasteiger partial charge in [-0.25, -0.2) is 9.37 Å². The Hall–Kier alpha value is -4.21. The number of hydrogen-bond acceptors (Lipinski definition) is 7. The van der Waals surface area contributed by atoms with Crippen LogP contribution >= 0.6 is 0 Å². The van der Waals surface area contributed by atoms with Gasteiger partial charge in [0.1, 0.15) is 11.6 Å². The smallest absolute Gasteiger partial charge is 0.269 e. The third-order valence-corrected chi connectivity index (χ3v) is 7.98. The standard InChI is InChI=1S/C28H29FN6O3/c29-23-5-1-2-6-25(23)31-11-13-32(14-12-31)28(36)22-18-20-17-21(35(37)38)8-9-24(20)34-16-15-33(19-26(22)34)27-7-3-4-10-30-27/h1-10,17,22,26H,11-16,18-19H2. The van der Waals surface area contributed by atoms with Crippen LogP contribution in [0.4, 0.5) is 27.3 Å². The number of pyridine rings is 1. The molecule has 2 fully saturated rings. The number of rotatable bonds is 4. The van der Waals surface area contributed by atoms with E-state index >= 15 is 0 Å². The van der Waals surface area contributed by atoms with E-state index in [0.29, 0.717) is 51.4 Å². The third-order valence-electron chi connectivity index (χ3n) is 7.98. The average Bonchev–Trinajstić information content (AvgIpc) is 2.96. The molecule has 4 heterocycles. The summed E-state index contributed by atoms with van der Waals surface area (Å²) < 4.78 is 14.3. The maximum atomic E-state index is 14.3. The molecule has 0 N–H and O–H groups in total. The molecule has 9 nitrogen and oxygen atoms in total. The highest BCUT2D eigenvalue weighted by molar-refractivity contribution is 5.83. The summed E-state index contributed by atoms with van der Waals surface area (Å²) in [6, 6.07) is 17.4. The minimum Gasteiger partial charge on any atom is -0.366 e. The van der Waals surface area contributed by atoms with Gasteiger partial charge in [0.25, 0.3) is 5.69 Å². The molecule has 10 heteroatoms. The molecule has 3 aliphatic heterocycles. The normalized spacial score (nSPS) is 21.1. The first-order valence-electron chi connectivity index (χ1n) is 13.0. The molecule has 196 valence electrons. The van der Waals surface area contributed by atoms with E-state index in [1.165, 1.54) is 6.07 Å². The average molecular weight is 517 g/mol. The molecular formula is C28H29FN6O3. The number of nitrogens with zero attached hydrogens (tertiary/aromatic N) is 6. The van der Waals surface area contributed by atoms with Crippen LogP contribution in [0.1, 0.15) is 5.56 Å². The Bertz CT molecular complexity index is 1350. The molecule has 1 aromatic heterocycles. The maximum absolute atomic E-state index is 14.3. The van der Waals surface area contributed by atoms with Gasteiger partial charge in [0.05, 0.1) is 22.6 Å². The maximum Gasteiger partial charge on any atom is 0.269 e. The predicted octanol–water partition coefficient (Wildman–Crippen LogP) is 3.35. The van der Waals surface area contributed by atoms with Gasteiger partial charge in [-0.1, -0.05) is 18.2 Å². The van der Waals surface area contributed by atoms with Crippen molar-refractivity contribution in [2.45, 2.75) is 12.5 Å². The van der Waals surface area contributed by atoms with Crippen LogP contribution in [0.25, 0.3) is 0 Å². The highest BCUT2D eigenvalue weighted by atomic mass is 19.1. The first-order valence-corrected chi connectivity index (χ1v) is 13.0. The van der Waals surface area contributed by atoms with E-state index in [1.807, 2.05) is 40.1 Å². The van der Waals surface area contributed by atoms with Crippen molar-refractivity contribution in [3.8, 4) is 0 Å². The second-order valence-corrected chi connectivity index (χ2v) is 10.0. The van der Waals surface area contributed by atoms with Gasteiger partial charge in [0.2, 0.25) is 5.91 Å². The number of benzene rings is 2. The van der Waals surface area contributed by atoms with Gasteiger partial charge in [0, 0.05) is 69.8 Å². The molecule has 0 saturated carbocycles. The number of nitro benzene ring substituents is 1. The highest BCUT2D eigenvalue weighted by Gasteiger charge is 2.44. The Morgan fingerprint density at radius 1 is 0.921 bits per heavy atom. The minimum absolute atomic E-state index is 0.0408. The van der Waals surface area contributed by atoms with E-state index in [4.69, 9.17) is 0 Å². The number of piperazine rings is 2. The predicted molar refractivity (Wildman–Crippen MR) is 143 cm³/mol. The molecule has 3 aromatic rings. The van der Waals surface area contributed by atoms with Crippen LogP contribution in [0.15, 0.2) is 66.9 Å². The summed E-state index contributed by atoms with van der Waals surface area (Å²) in [7, 11) is 0.